The molecule has 0 fully saturated rings. The van der Waals surface area contributed by atoms with Crippen molar-refractivity contribution in [3.63, 3.8) is 0 Å². The first kappa shape index (κ1) is 15.5. The van der Waals surface area contributed by atoms with Crippen molar-refractivity contribution in [1.29, 1.82) is 0 Å². The van der Waals surface area contributed by atoms with Crippen LogP contribution in [0.25, 0.3) is 11.1 Å². The van der Waals surface area contributed by atoms with E-state index < -0.39 is 0 Å². The molecule has 0 bridgehead atoms. The number of hydrogen-bond acceptors (Lipinski definition) is 0. The van der Waals surface area contributed by atoms with Crippen LogP contribution in [0.3, 0.4) is 0 Å². The Hall–Kier alpha value is -1.38. The predicted molar refractivity (Wildman–Crippen MR) is 101 cm³/mol. The first-order valence-electron chi connectivity index (χ1n) is 7.22. The van der Waals surface area contributed by atoms with E-state index in [2.05, 4.69) is 106 Å². The van der Waals surface area contributed by atoms with Crippen LogP contribution in [-0.4, -0.2) is 0 Å². The van der Waals surface area contributed by atoms with Gasteiger partial charge in [-0.05, 0) is 65.4 Å². The summed E-state index contributed by atoms with van der Waals surface area (Å²) in [5.74, 6) is 0. The fourth-order valence-corrected chi connectivity index (χ4v) is 3.38. The van der Waals surface area contributed by atoms with Crippen molar-refractivity contribution < 1.29 is 0 Å². The molecular formula is C20H16Br2. The molecular weight excluding hydrogens is 400 g/mol. The first-order valence-corrected chi connectivity index (χ1v) is 8.81. The largest absolute Gasteiger partial charge is 0.0622 e. The molecule has 110 valence electrons. The van der Waals surface area contributed by atoms with Crippen LogP contribution in [0.2, 0.25) is 0 Å². The van der Waals surface area contributed by atoms with E-state index in [1.165, 1.54) is 27.8 Å². The van der Waals surface area contributed by atoms with Crippen LogP contribution in [0, 0.1) is 6.92 Å². The van der Waals surface area contributed by atoms with Gasteiger partial charge in [-0.25, -0.2) is 0 Å². The molecule has 0 aliphatic carbocycles. The number of hydrogen-bond donors (Lipinski definition) is 0. The highest BCUT2D eigenvalue weighted by molar-refractivity contribution is 9.10. The third-order valence-corrected chi connectivity index (χ3v) is 4.79. The SMILES string of the molecule is Cc1ccc(Br)cc1-c1cc(Br)ccc1Cc1ccccc1. The van der Waals surface area contributed by atoms with Gasteiger partial charge in [0.25, 0.3) is 0 Å². The van der Waals surface area contributed by atoms with Gasteiger partial charge < -0.3 is 0 Å². The maximum Gasteiger partial charge on any atom is 0.0181 e. The summed E-state index contributed by atoms with van der Waals surface area (Å²) in [5.41, 5.74) is 6.53. The minimum absolute atomic E-state index is 0.940. The van der Waals surface area contributed by atoms with Gasteiger partial charge in [0.15, 0.2) is 0 Å². The zero-order valence-corrected chi connectivity index (χ0v) is 15.5. The van der Waals surface area contributed by atoms with E-state index >= 15 is 0 Å². The molecule has 3 aromatic carbocycles. The number of rotatable bonds is 3. The smallest absolute Gasteiger partial charge is 0.0181 e. The molecule has 0 radical (unpaired) electrons. The van der Waals surface area contributed by atoms with Gasteiger partial charge in [0, 0.05) is 8.95 Å². The fraction of sp³-hybridized carbons (Fsp3) is 0.100. The summed E-state index contributed by atoms with van der Waals surface area (Å²) < 4.78 is 2.22. The minimum atomic E-state index is 0.940. The Bertz CT molecular complexity index is 792. The molecule has 0 heterocycles. The number of aryl methyl sites for hydroxylation is 1. The summed E-state index contributed by atoms with van der Waals surface area (Å²) >= 11 is 7.20. The van der Waals surface area contributed by atoms with Crippen molar-refractivity contribution in [3.8, 4) is 11.1 Å². The standard InChI is InChI=1S/C20H16Br2/c1-14-7-9-17(21)12-19(14)20-13-18(22)10-8-16(20)11-15-5-3-2-4-6-15/h2-10,12-13H,11H2,1H3. The molecule has 0 spiro atoms. The van der Waals surface area contributed by atoms with Crippen molar-refractivity contribution in [2.24, 2.45) is 0 Å². The van der Waals surface area contributed by atoms with E-state index in [1.807, 2.05) is 0 Å². The van der Waals surface area contributed by atoms with Crippen LogP contribution in [0.4, 0.5) is 0 Å². The Morgan fingerprint density at radius 3 is 2.09 bits per heavy atom. The van der Waals surface area contributed by atoms with Crippen LogP contribution >= 0.6 is 31.9 Å². The van der Waals surface area contributed by atoms with Gasteiger partial charge in [-0.2, -0.15) is 0 Å². The van der Waals surface area contributed by atoms with Gasteiger partial charge in [-0.1, -0.05) is 74.3 Å². The first-order chi connectivity index (χ1) is 10.6. The van der Waals surface area contributed by atoms with Crippen LogP contribution < -0.4 is 0 Å². The summed E-state index contributed by atoms with van der Waals surface area (Å²) in [6, 6.07) is 23.6. The Balaban J connectivity index is 2.10. The lowest BCUT2D eigenvalue weighted by molar-refractivity contribution is 1.19. The number of benzene rings is 3. The molecule has 0 amide bonds. The van der Waals surface area contributed by atoms with Crippen molar-refractivity contribution in [2.75, 3.05) is 0 Å². The highest BCUT2D eigenvalue weighted by Crippen LogP contribution is 2.33. The topological polar surface area (TPSA) is 0 Å². The Labute approximate surface area is 148 Å². The van der Waals surface area contributed by atoms with E-state index in [1.54, 1.807) is 0 Å². The Morgan fingerprint density at radius 2 is 1.36 bits per heavy atom. The average molecular weight is 416 g/mol. The quantitative estimate of drug-likeness (QED) is 0.442. The van der Waals surface area contributed by atoms with E-state index in [-0.39, 0.29) is 0 Å². The monoisotopic (exact) mass is 414 g/mol. The molecule has 0 N–H and O–H groups in total. The van der Waals surface area contributed by atoms with Crippen LogP contribution in [0.15, 0.2) is 75.7 Å². The molecule has 0 atom stereocenters. The summed E-state index contributed by atoms with van der Waals surface area (Å²) in [7, 11) is 0. The van der Waals surface area contributed by atoms with E-state index in [9.17, 15) is 0 Å². The fourth-order valence-electron chi connectivity index (χ4n) is 2.65. The maximum absolute atomic E-state index is 3.61. The second-order valence-electron chi connectivity index (χ2n) is 5.42. The molecule has 0 aliphatic rings. The summed E-state index contributed by atoms with van der Waals surface area (Å²) in [4.78, 5) is 0. The van der Waals surface area contributed by atoms with Gasteiger partial charge in [-0.15, -0.1) is 0 Å². The highest BCUT2D eigenvalue weighted by atomic mass is 79.9. The predicted octanol–water partition coefficient (Wildman–Crippen LogP) is 6.78. The van der Waals surface area contributed by atoms with Crippen LogP contribution in [-0.2, 0) is 6.42 Å². The van der Waals surface area contributed by atoms with Crippen molar-refractivity contribution in [2.45, 2.75) is 13.3 Å². The summed E-state index contributed by atoms with van der Waals surface area (Å²) in [6.07, 6.45) is 0.940. The van der Waals surface area contributed by atoms with Gasteiger partial charge in [0.1, 0.15) is 0 Å². The third kappa shape index (κ3) is 3.50. The van der Waals surface area contributed by atoms with Crippen molar-refractivity contribution in [3.05, 3.63) is 92.4 Å². The molecule has 0 unspecified atom stereocenters. The molecule has 0 aliphatic heterocycles. The zero-order chi connectivity index (χ0) is 15.5. The van der Waals surface area contributed by atoms with Gasteiger partial charge >= 0.3 is 0 Å². The Kier molecular flexibility index (Phi) is 4.80. The van der Waals surface area contributed by atoms with Gasteiger partial charge in [0.05, 0.1) is 0 Å². The molecule has 3 rings (SSSR count). The molecule has 3 aromatic rings. The average Bonchev–Trinajstić information content (AvgIpc) is 2.52. The molecule has 0 aromatic heterocycles. The molecule has 0 saturated carbocycles. The van der Waals surface area contributed by atoms with E-state index in [0.29, 0.717) is 0 Å². The van der Waals surface area contributed by atoms with Crippen LogP contribution in [0.1, 0.15) is 16.7 Å². The maximum atomic E-state index is 3.61. The van der Waals surface area contributed by atoms with Crippen molar-refractivity contribution in [1.82, 2.24) is 0 Å². The second-order valence-corrected chi connectivity index (χ2v) is 7.25. The van der Waals surface area contributed by atoms with Crippen molar-refractivity contribution >= 4 is 31.9 Å². The molecule has 22 heavy (non-hydrogen) atoms. The Morgan fingerprint density at radius 1 is 0.727 bits per heavy atom. The summed E-state index contributed by atoms with van der Waals surface area (Å²) in [6.45, 7) is 2.16. The van der Waals surface area contributed by atoms with E-state index in [0.717, 1.165) is 15.4 Å². The zero-order valence-electron chi connectivity index (χ0n) is 12.3. The third-order valence-electron chi connectivity index (χ3n) is 3.80. The number of halogens is 2. The lowest BCUT2D eigenvalue weighted by Crippen LogP contribution is -1.94. The molecule has 0 nitrogen and oxygen atoms in total. The lowest BCUT2D eigenvalue weighted by Gasteiger charge is -2.14. The normalized spacial score (nSPS) is 10.7. The highest BCUT2D eigenvalue weighted by Gasteiger charge is 2.10. The van der Waals surface area contributed by atoms with Gasteiger partial charge in [0.2, 0.25) is 0 Å². The van der Waals surface area contributed by atoms with Crippen LogP contribution in [0.5, 0.6) is 0 Å². The second kappa shape index (κ2) is 6.80. The summed E-state index contributed by atoms with van der Waals surface area (Å²) in [5, 5.41) is 0. The molecule has 0 saturated heterocycles. The van der Waals surface area contributed by atoms with E-state index in [4.69, 9.17) is 0 Å². The van der Waals surface area contributed by atoms with Gasteiger partial charge in [-0.3, -0.25) is 0 Å². The lowest BCUT2D eigenvalue weighted by atomic mass is 9.93. The molecule has 2 heteroatoms. The minimum Gasteiger partial charge on any atom is -0.0622 e.